The highest BCUT2D eigenvalue weighted by Gasteiger charge is 2.16. The molecule has 1 aliphatic rings. The normalized spacial score (nSPS) is 15.4. The zero-order valence-electron chi connectivity index (χ0n) is 11.3. The van der Waals surface area contributed by atoms with Gasteiger partial charge in [-0.3, -0.25) is 0 Å². The summed E-state index contributed by atoms with van der Waals surface area (Å²) in [6, 6.07) is 8.74. The van der Waals surface area contributed by atoms with Crippen LogP contribution in [0.1, 0.15) is 17.5 Å². The van der Waals surface area contributed by atoms with Crippen molar-refractivity contribution in [2.45, 2.75) is 12.8 Å². The van der Waals surface area contributed by atoms with Gasteiger partial charge in [0.05, 0.1) is 34.1 Å². The molecule has 2 nitrogen and oxygen atoms in total. The zero-order valence-corrected chi connectivity index (χ0v) is 11.3. The summed E-state index contributed by atoms with van der Waals surface area (Å²) in [5.74, 6) is 0. The first kappa shape index (κ1) is 12.3. The monoisotopic (exact) mass is 232 g/mol. The number of hydrogen-bond acceptors (Lipinski definition) is 0. The van der Waals surface area contributed by atoms with Gasteiger partial charge in [0.2, 0.25) is 0 Å². The molecule has 0 amide bonds. The largest absolute Gasteiger partial charge is 0.331 e. The lowest BCUT2D eigenvalue weighted by Crippen LogP contribution is -2.37. The Bertz CT molecular complexity index is 413. The summed E-state index contributed by atoms with van der Waals surface area (Å²) in [4.78, 5) is 0. The summed E-state index contributed by atoms with van der Waals surface area (Å²) >= 11 is 0. The molecule has 0 saturated carbocycles. The van der Waals surface area contributed by atoms with Crippen molar-refractivity contribution in [3.05, 3.63) is 35.4 Å². The van der Waals surface area contributed by atoms with Gasteiger partial charge in [-0.1, -0.05) is 18.2 Å². The maximum atomic E-state index is 2.47. The van der Waals surface area contributed by atoms with E-state index in [1.54, 1.807) is 0 Å². The van der Waals surface area contributed by atoms with E-state index in [0.717, 1.165) is 4.48 Å². The van der Waals surface area contributed by atoms with Crippen molar-refractivity contribution in [2.75, 3.05) is 40.8 Å². The SMILES string of the molecule is C[N+](C)(C)CCC[N+]1=Cc2ccccc2CC1. The summed E-state index contributed by atoms with van der Waals surface area (Å²) in [6.45, 7) is 3.60. The highest BCUT2D eigenvalue weighted by atomic mass is 15.3. The maximum Gasteiger partial charge on any atom is 0.170 e. The highest BCUT2D eigenvalue weighted by molar-refractivity contribution is 5.78. The fraction of sp³-hybridized carbons (Fsp3) is 0.533. The third-order valence-corrected chi connectivity index (χ3v) is 3.32. The van der Waals surface area contributed by atoms with Crippen LogP contribution in [0.5, 0.6) is 0 Å². The minimum Gasteiger partial charge on any atom is -0.331 e. The van der Waals surface area contributed by atoms with Crippen LogP contribution >= 0.6 is 0 Å². The molecule has 0 atom stereocenters. The Morgan fingerprint density at radius 3 is 2.71 bits per heavy atom. The zero-order chi connectivity index (χ0) is 12.3. The third-order valence-electron chi connectivity index (χ3n) is 3.32. The molecule has 0 saturated heterocycles. The van der Waals surface area contributed by atoms with Crippen LogP contribution in [0, 0.1) is 0 Å². The van der Waals surface area contributed by atoms with E-state index in [4.69, 9.17) is 0 Å². The summed E-state index contributed by atoms with van der Waals surface area (Å²) in [5, 5.41) is 0. The molecule has 92 valence electrons. The van der Waals surface area contributed by atoms with Crippen LogP contribution in [0.15, 0.2) is 24.3 Å². The standard InChI is InChI=1S/C15H24N2/c1-17(2,3)12-6-10-16-11-9-14-7-4-5-8-15(14)13-16/h4-5,7-8,13H,6,9-12H2,1-3H3/q+2. The summed E-state index contributed by atoms with van der Waals surface area (Å²) in [6.07, 6.45) is 4.79. The Labute approximate surface area is 105 Å². The number of fused-ring (bicyclic) bond motifs is 1. The lowest BCUT2D eigenvalue weighted by molar-refractivity contribution is -0.871. The lowest BCUT2D eigenvalue weighted by Gasteiger charge is -2.23. The molecule has 2 heteroatoms. The van der Waals surface area contributed by atoms with Crippen LogP contribution in [0.25, 0.3) is 0 Å². The Hall–Kier alpha value is -1.15. The first-order valence-corrected chi connectivity index (χ1v) is 6.52. The Morgan fingerprint density at radius 2 is 1.94 bits per heavy atom. The average Bonchev–Trinajstić information content (AvgIpc) is 2.27. The molecule has 0 spiro atoms. The van der Waals surface area contributed by atoms with E-state index in [9.17, 15) is 0 Å². The first-order valence-electron chi connectivity index (χ1n) is 6.52. The molecule has 0 aliphatic carbocycles. The van der Waals surface area contributed by atoms with Gasteiger partial charge >= 0.3 is 0 Å². The third kappa shape index (κ3) is 3.67. The van der Waals surface area contributed by atoms with Crippen LogP contribution in [0.4, 0.5) is 0 Å². The van der Waals surface area contributed by atoms with Crippen molar-refractivity contribution in [1.82, 2.24) is 0 Å². The second kappa shape index (κ2) is 5.01. The van der Waals surface area contributed by atoms with Crippen LogP contribution in [-0.4, -0.2) is 56.1 Å². The molecule has 2 rings (SSSR count). The van der Waals surface area contributed by atoms with Gasteiger partial charge < -0.3 is 4.48 Å². The Morgan fingerprint density at radius 1 is 1.18 bits per heavy atom. The first-order chi connectivity index (χ1) is 8.04. The highest BCUT2D eigenvalue weighted by Crippen LogP contribution is 2.11. The molecule has 0 radical (unpaired) electrons. The molecule has 0 N–H and O–H groups in total. The number of hydrogen-bond donors (Lipinski definition) is 0. The van der Waals surface area contributed by atoms with Gasteiger partial charge in [0, 0.05) is 12.0 Å². The lowest BCUT2D eigenvalue weighted by atomic mass is 10.0. The number of rotatable bonds is 4. The van der Waals surface area contributed by atoms with E-state index in [2.05, 4.69) is 56.2 Å². The summed E-state index contributed by atoms with van der Waals surface area (Å²) in [5.41, 5.74) is 2.90. The van der Waals surface area contributed by atoms with Crippen molar-refractivity contribution in [3.8, 4) is 0 Å². The fourth-order valence-electron chi connectivity index (χ4n) is 2.34. The van der Waals surface area contributed by atoms with Gasteiger partial charge in [-0.05, 0) is 11.6 Å². The van der Waals surface area contributed by atoms with Crippen LogP contribution in [0.3, 0.4) is 0 Å². The van der Waals surface area contributed by atoms with Gasteiger partial charge in [-0.2, -0.15) is 0 Å². The smallest absolute Gasteiger partial charge is 0.170 e. The van der Waals surface area contributed by atoms with Gasteiger partial charge in [-0.15, -0.1) is 0 Å². The molecule has 1 aromatic rings. The predicted molar refractivity (Wildman–Crippen MR) is 72.8 cm³/mol. The molecule has 0 bridgehead atoms. The molecule has 0 aromatic heterocycles. The van der Waals surface area contributed by atoms with E-state index < -0.39 is 0 Å². The Balaban J connectivity index is 1.94. The van der Waals surface area contributed by atoms with E-state index in [1.165, 1.54) is 43.6 Å². The predicted octanol–water partition coefficient (Wildman–Crippen LogP) is 1.77. The molecule has 0 unspecified atom stereocenters. The van der Waals surface area contributed by atoms with E-state index in [0.29, 0.717) is 0 Å². The minimum absolute atomic E-state index is 1.06. The van der Waals surface area contributed by atoms with Crippen LogP contribution in [0.2, 0.25) is 0 Å². The maximum absolute atomic E-state index is 2.47. The molecule has 1 aliphatic heterocycles. The van der Waals surface area contributed by atoms with Gasteiger partial charge in [0.1, 0.15) is 13.1 Å². The number of nitrogens with zero attached hydrogens (tertiary/aromatic N) is 2. The van der Waals surface area contributed by atoms with Gasteiger partial charge in [0.25, 0.3) is 0 Å². The summed E-state index contributed by atoms with van der Waals surface area (Å²) in [7, 11) is 6.78. The quantitative estimate of drug-likeness (QED) is 0.550. The molecule has 17 heavy (non-hydrogen) atoms. The van der Waals surface area contributed by atoms with E-state index in [1.807, 2.05) is 0 Å². The van der Waals surface area contributed by atoms with E-state index >= 15 is 0 Å². The fourth-order valence-corrected chi connectivity index (χ4v) is 2.34. The van der Waals surface area contributed by atoms with Crippen molar-refractivity contribution >= 4 is 6.21 Å². The average molecular weight is 232 g/mol. The number of quaternary nitrogens is 1. The van der Waals surface area contributed by atoms with Crippen molar-refractivity contribution in [3.63, 3.8) is 0 Å². The van der Waals surface area contributed by atoms with Crippen LogP contribution < -0.4 is 0 Å². The molecular weight excluding hydrogens is 208 g/mol. The minimum atomic E-state index is 1.06. The van der Waals surface area contributed by atoms with Crippen molar-refractivity contribution < 1.29 is 9.06 Å². The van der Waals surface area contributed by atoms with E-state index in [-0.39, 0.29) is 0 Å². The van der Waals surface area contributed by atoms with Gasteiger partial charge in [0.15, 0.2) is 6.21 Å². The van der Waals surface area contributed by atoms with Crippen molar-refractivity contribution in [1.29, 1.82) is 0 Å². The topological polar surface area (TPSA) is 3.01 Å². The van der Waals surface area contributed by atoms with Crippen LogP contribution in [-0.2, 0) is 6.42 Å². The second-order valence-corrected chi connectivity index (χ2v) is 5.98. The molecule has 1 aromatic carbocycles. The molecular formula is C15H24N2+2. The molecule has 1 heterocycles. The van der Waals surface area contributed by atoms with Crippen molar-refractivity contribution in [2.24, 2.45) is 0 Å². The summed E-state index contributed by atoms with van der Waals surface area (Å²) < 4.78 is 3.53. The molecule has 0 fully saturated rings. The second-order valence-electron chi connectivity index (χ2n) is 5.98. The Kier molecular flexibility index (Phi) is 3.63. The number of benzene rings is 1. The van der Waals surface area contributed by atoms with Gasteiger partial charge in [-0.25, -0.2) is 4.58 Å².